The summed E-state index contributed by atoms with van der Waals surface area (Å²) in [5.41, 5.74) is 7.04. The maximum Gasteiger partial charge on any atom is 0.276 e. The summed E-state index contributed by atoms with van der Waals surface area (Å²) in [7, 11) is 0. The van der Waals surface area contributed by atoms with Crippen molar-refractivity contribution in [2.45, 2.75) is 37.3 Å². The predicted molar refractivity (Wildman–Crippen MR) is 86.7 cm³/mol. The summed E-state index contributed by atoms with van der Waals surface area (Å²) in [5, 5.41) is 9.78. The van der Waals surface area contributed by atoms with Crippen LogP contribution in [0.1, 0.15) is 37.8 Å². The van der Waals surface area contributed by atoms with Crippen LogP contribution in [-0.2, 0) is 5.75 Å². The van der Waals surface area contributed by atoms with Crippen LogP contribution in [0.4, 0.5) is 0 Å². The molecule has 7 heteroatoms. The third kappa shape index (κ3) is 4.36. The van der Waals surface area contributed by atoms with Gasteiger partial charge in [0.05, 0.1) is 6.04 Å². The van der Waals surface area contributed by atoms with Crippen LogP contribution in [0.3, 0.4) is 0 Å². The van der Waals surface area contributed by atoms with Gasteiger partial charge >= 0.3 is 0 Å². The van der Waals surface area contributed by atoms with E-state index in [2.05, 4.69) is 24.0 Å². The van der Waals surface area contributed by atoms with Gasteiger partial charge in [-0.05, 0) is 23.6 Å². The standard InChI is InChI=1S/C14H17Cl2N3OS/c1-3-8(2)12(17)13-18-19-14(20-13)21-7-9-4-5-10(15)6-11(9)16/h4-6,8,12H,3,7,17H2,1-2H3/t8-,12-/m0/s1. The van der Waals surface area contributed by atoms with Crippen LogP contribution in [0.2, 0.25) is 10.0 Å². The summed E-state index contributed by atoms with van der Waals surface area (Å²) in [6, 6.07) is 5.19. The van der Waals surface area contributed by atoms with Gasteiger partial charge in [-0.25, -0.2) is 0 Å². The molecule has 0 radical (unpaired) electrons. The second-order valence-electron chi connectivity index (χ2n) is 4.84. The average molecular weight is 346 g/mol. The number of aromatic nitrogens is 2. The van der Waals surface area contributed by atoms with E-state index < -0.39 is 0 Å². The van der Waals surface area contributed by atoms with Crippen LogP contribution >= 0.6 is 35.0 Å². The first-order valence-corrected chi connectivity index (χ1v) is 8.41. The molecule has 0 fully saturated rings. The van der Waals surface area contributed by atoms with Crippen molar-refractivity contribution in [3.63, 3.8) is 0 Å². The van der Waals surface area contributed by atoms with Crippen LogP contribution in [0, 0.1) is 5.92 Å². The topological polar surface area (TPSA) is 64.9 Å². The second-order valence-corrected chi connectivity index (χ2v) is 6.61. The highest BCUT2D eigenvalue weighted by atomic mass is 35.5. The summed E-state index contributed by atoms with van der Waals surface area (Å²) < 4.78 is 5.60. The molecular formula is C14H17Cl2N3OS. The lowest BCUT2D eigenvalue weighted by Crippen LogP contribution is -2.18. The Balaban J connectivity index is 1.99. The Hall–Kier alpha value is -0.750. The monoisotopic (exact) mass is 345 g/mol. The highest BCUT2D eigenvalue weighted by molar-refractivity contribution is 7.98. The van der Waals surface area contributed by atoms with Crippen molar-refractivity contribution in [3.8, 4) is 0 Å². The van der Waals surface area contributed by atoms with Crippen molar-refractivity contribution in [3.05, 3.63) is 39.7 Å². The van der Waals surface area contributed by atoms with Crippen molar-refractivity contribution in [2.75, 3.05) is 0 Å². The average Bonchev–Trinajstić information content (AvgIpc) is 2.93. The molecule has 0 saturated carbocycles. The minimum Gasteiger partial charge on any atom is -0.414 e. The van der Waals surface area contributed by atoms with Gasteiger partial charge in [-0.2, -0.15) is 0 Å². The van der Waals surface area contributed by atoms with E-state index >= 15 is 0 Å². The maximum absolute atomic E-state index is 6.13. The minimum atomic E-state index is -0.226. The number of rotatable bonds is 6. The van der Waals surface area contributed by atoms with E-state index in [4.69, 9.17) is 33.4 Å². The molecule has 0 bridgehead atoms. The summed E-state index contributed by atoms with van der Waals surface area (Å²) >= 11 is 13.4. The van der Waals surface area contributed by atoms with Crippen molar-refractivity contribution < 1.29 is 4.42 Å². The molecule has 0 saturated heterocycles. The lowest BCUT2D eigenvalue weighted by atomic mass is 10.0. The van der Waals surface area contributed by atoms with Gasteiger partial charge in [-0.15, -0.1) is 10.2 Å². The van der Waals surface area contributed by atoms with E-state index in [1.807, 2.05) is 6.07 Å². The van der Waals surface area contributed by atoms with Crippen LogP contribution in [0.25, 0.3) is 0 Å². The Bertz CT molecular complexity index is 606. The predicted octanol–water partition coefficient (Wildman–Crippen LogP) is 4.71. The summed E-state index contributed by atoms with van der Waals surface area (Å²) in [4.78, 5) is 0. The van der Waals surface area contributed by atoms with Gasteiger partial charge in [-0.3, -0.25) is 0 Å². The third-order valence-corrected chi connectivity index (χ3v) is 4.78. The molecule has 4 nitrogen and oxygen atoms in total. The van der Waals surface area contributed by atoms with Crippen molar-refractivity contribution >= 4 is 35.0 Å². The number of benzene rings is 1. The van der Waals surface area contributed by atoms with Crippen LogP contribution in [0.5, 0.6) is 0 Å². The zero-order valence-electron chi connectivity index (χ0n) is 11.8. The molecular weight excluding hydrogens is 329 g/mol. The largest absolute Gasteiger partial charge is 0.414 e. The number of hydrogen-bond acceptors (Lipinski definition) is 5. The first-order valence-electron chi connectivity index (χ1n) is 6.67. The van der Waals surface area contributed by atoms with E-state index in [-0.39, 0.29) is 6.04 Å². The van der Waals surface area contributed by atoms with Gasteiger partial charge in [0.2, 0.25) is 5.89 Å². The molecule has 0 unspecified atom stereocenters. The number of hydrogen-bond donors (Lipinski definition) is 1. The third-order valence-electron chi connectivity index (χ3n) is 3.33. The van der Waals surface area contributed by atoms with Crippen molar-refractivity contribution in [1.82, 2.24) is 10.2 Å². The lowest BCUT2D eigenvalue weighted by molar-refractivity contribution is 0.333. The summed E-state index contributed by atoms with van der Waals surface area (Å²) in [6.45, 7) is 4.15. The lowest BCUT2D eigenvalue weighted by Gasteiger charge is -2.13. The molecule has 1 aromatic heterocycles. The highest BCUT2D eigenvalue weighted by Gasteiger charge is 2.20. The minimum absolute atomic E-state index is 0.226. The van der Waals surface area contributed by atoms with E-state index in [1.165, 1.54) is 11.8 Å². The van der Waals surface area contributed by atoms with E-state index in [1.54, 1.807) is 12.1 Å². The first-order chi connectivity index (χ1) is 10.0. The zero-order chi connectivity index (χ0) is 15.4. The Morgan fingerprint density at radius 1 is 1.33 bits per heavy atom. The number of halogens is 2. The molecule has 2 rings (SSSR count). The van der Waals surface area contributed by atoms with Crippen molar-refractivity contribution in [1.29, 1.82) is 0 Å². The molecule has 0 spiro atoms. The molecule has 21 heavy (non-hydrogen) atoms. The fourth-order valence-corrected chi connectivity index (χ4v) is 3.02. The Morgan fingerprint density at radius 3 is 2.76 bits per heavy atom. The van der Waals surface area contributed by atoms with E-state index in [0.29, 0.717) is 32.8 Å². The SMILES string of the molecule is CC[C@H](C)[C@H](N)c1nnc(SCc2ccc(Cl)cc2Cl)o1. The van der Waals surface area contributed by atoms with Crippen LogP contribution in [0.15, 0.2) is 27.8 Å². The highest BCUT2D eigenvalue weighted by Crippen LogP contribution is 2.29. The molecule has 2 aromatic rings. The van der Waals surface area contributed by atoms with Gasteiger partial charge in [0.15, 0.2) is 0 Å². The molecule has 114 valence electrons. The number of thioether (sulfide) groups is 1. The number of nitrogens with zero attached hydrogens (tertiary/aromatic N) is 2. The van der Waals surface area contributed by atoms with Gasteiger partial charge < -0.3 is 10.2 Å². The van der Waals surface area contributed by atoms with Crippen molar-refractivity contribution in [2.24, 2.45) is 11.7 Å². The maximum atomic E-state index is 6.13. The van der Waals surface area contributed by atoms with Gasteiger partial charge in [0.25, 0.3) is 5.22 Å². The molecule has 2 N–H and O–H groups in total. The smallest absolute Gasteiger partial charge is 0.276 e. The van der Waals surface area contributed by atoms with Gasteiger partial charge in [0, 0.05) is 15.8 Å². The fraction of sp³-hybridized carbons (Fsp3) is 0.429. The Morgan fingerprint density at radius 2 is 2.10 bits per heavy atom. The molecule has 0 amide bonds. The quantitative estimate of drug-likeness (QED) is 0.767. The first kappa shape index (κ1) is 16.6. The van der Waals surface area contributed by atoms with Crippen LogP contribution < -0.4 is 5.73 Å². The Labute approximate surface area is 138 Å². The van der Waals surface area contributed by atoms with Gasteiger partial charge in [0.1, 0.15) is 0 Å². The number of nitrogens with two attached hydrogens (primary N) is 1. The molecule has 2 atom stereocenters. The fourth-order valence-electron chi connectivity index (χ4n) is 1.69. The second kappa shape index (κ2) is 7.49. The zero-order valence-corrected chi connectivity index (χ0v) is 14.2. The summed E-state index contributed by atoms with van der Waals surface area (Å²) in [6.07, 6.45) is 0.965. The molecule has 0 aliphatic carbocycles. The molecule has 0 aliphatic rings. The molecule has 0 aliphatic heterocycles. The van der Waals surface area contributed by atoms with E-state index in [9.17, 15) is 0 Å². The summed E-state index contributed by atoms with van der Waals surface area (Å²) in [5.74, 6) is 1.42. The van der Waals surface area contributed by atoms with E-state index in [0.717, 1.165) is 12.0 Å². The Kier molecular flexibility index (Phi) is 5.93. The van der Waals surface area contributed by atoms with Gasteiger partial charge in [-0.1, -0.05) is 61.3 Å². The van der Waals surface area contributed by atoms with Crippen LogP contribution in [-0.4, -0.2) is 10.2 Å². The molecule has 1 aromatic carbocycles. The molecule has 1 heterocycles. The normalized spacial score (nSPS) is 14.1.